The van der Waals surface area contributed by atoms with Crippen LogP contribution in [0.5, 0.6) is 0 Å². The van der Waals surface area contributed by atoms with E-state index in [2.05, 4.69) is 36.4 Å². The van der Waals surface area contributed by atoms with Gasteiger partial charge in [-0.25, -0.2) is 0 Å². The topological polar surface area (TPSA) is 0 Å². The average molecular weight is 210 g/mol. The van der Waals surface area contributed by atoms with Crippen molar-refractivity contribution < 1.29 is 0 Å². The van der Waals surface area contributed by atoms with Crippen molar-refractivity contribution in [2.75, 3.05) is 0 Å². The van der Waals surface area contributed by atoms with Crippen LogP contribution < -0.4 is 0 Å². The molecule has 0 N–H and O–H groups in total. The van der Waals surface area contributed by atoms with Crippen molar-refractivity contribution >= 4 is 5.57 Å². The normalized spacial score (nSPS) is 24.4. The molecular weight excluding hydrogens is 192 g/mol. The van der Waals surface area contributed by atoms with E-state index in [9.17, 15) is 0 Å². The molecule has 0 saturated carbocycles. The molecule has 0 nitrogen and oxygen atoms in total. The maximum absolute atomic E-state index is 2.46. The fourth-order valence-corrected chi connectivity index (χ4v) is 2.72. The van der Waals surface area contributed by atoms with Gasteiger partial charge in [0, 0.05) is 0 Å². The molecule has 0 atom stereocenters. The molecule has 0 bridgehead atoms. The van der Waals surface area contributed by atoms with Crippen LogP contribution in [0.15, 0.2) is 36.4 Å². The van der Waals surface area contributed by atoms with E-state index in [-0.39, 0.29) is 0 Å². The molecule has 82 valence electrons. The van der Waals surface area contributed by atoms with Gasteiger partial charge in [0.2, 0.25) is 0 Å². The lowest BCUT2D eigenvalue weighted by Gasteiger charge is -2.24. The molecule has 1 aromatic carbocycles. The summed E-state index contributed by atoms with van der Waals surface area (Å²) in [7, 11) is 0. The monoisotopic (exact) mass is 210 g/mol. The third-order valence-corrected chi connectivity index (χ3v) is 3.73. The third kappa shape index (κ3) is 1.73. The molecule has 0 fully saturated rings. The lowest BCUT2D eigenvalue weighted by Crippen LogP contribution is -2.11. The molecular formula is C16H18. The number of aryl methyl sites for hydroxylation is 1. The summed E-state index contributed by atoms with van der Waals surface area (Å²) in [4.78, 5) is 0. The highest BCUT2D eigenvalue weighted by molar-refractivity contribution is 5.71. The van der Waals surface area contributed by atoms with Gasteiger partial charge >= 0.3 is 0 Å². The van der Waals surface area contributed by atoms with Gasteiger partial charge in [0.15, 0.2) is 0 Å². The summed E-state index contributed by atoms with van der Waals surface area (Å²) in [5, 5.41) is 0. The van der Waals surface area contributed by atoms with Gasteiger partial charge in [0.25, 0.3) is 0 Å². The fourth-order valence-electron chi connectivity index (χ4n) is 2.72. The van der Waals surface area contributed by atoms with E-state index in [1.165, 1.54) is 38.5 Å². The van der Waals surface area contributed by atoms with Crippen LogP contribution in [0.25, 0.3) is 5.57 Å². The summed E-state index contributed by atoms with van der Waals surface area (Å²) >= 11 is 0. The minimum Gasteiger partial charge on any atom is -0.0882 e. The van der Waals surface area contributed by atoms with E-state index in [0.29, 0.717) is 0 Å². The lowest BCUT2D eigenvalue weighted by atomic mass is 9.81. The molecule has 0 unspecified atom stereocenters. The highest BCUT2D eigenvalue weighted by atomic mass is 14.2. The Balaban J connectivity index is 1.93. The Kier molecular flexibility index (Phi) is 2.65. The molecule has 0 radical (unpaired) electrons. The zero-order chi connectivity index (χ0) is 10.8. The van der Waals surface area contributed by atoms with E-state index >= 15 is 0 Å². The highest BCUT2D eigenvalue weighted by Crippen LogP contribution is 2.33. The van der Waals surface area contributed by atoms with Gasteiger partial charge in [0.1, 0.15) is 0 Å². The van der Waals surface area contributed by atoms with Crippen molar-refractivity contribution in [3.05, 3.63) is 53.1 Å². The van der Waals surface area contributed by atoms with Crippen molar-refractivity contribution in [3.63, 3.8) is 0 Å². The molecule has 0 aromatic heterocycles. The van der Waals surface area contributed by atoms with Crippen LogP contribution in [0.4, 0.5) is 0 Å². The first-order valence-electron chi connectivity index (χ1n) is 6.40. The fraction of sp³-hybridized carbons (Fsp3) is 0.375. The van der Waals surface area contributed by atoms with Crippen LogP contribution in [-0.4, -0.2) is 0 Å². The molecule has 16 heavy (non-hydrogen) atoms. The number of fused-ring (bicyclic) bond motifs is 1. The number of allylic oxidation sites excluding steroid dienone is 4. The van der Waals surface area contributed by atoms with E-state index in [4.69, 9.17) is 0 Å². The quantitative estimate of drug-likeness (QED) is 0.606. The Morgan fingerprint density at radius 1 is 0.812 bits per heavy atom. The van der Waals surface area contributed by atoms with Crippen LogP contribution in [0.3, 0.4) is 0 Å². The van der Waals surface area contributed by atoms with Crippen molar-refractivity contribution in [1.29, 1.82) is 0 Å². The highest BCUT2D eigenvalue weighted by Gasteiger charge is 2.18. The lowest BCUT2D eigenvalue weighted by molar-refractivity contribution is 0.830. The smallest absolute Gasteiger partial charge is 0.0193 e. The maximum Gasteiger partial charge on any atom is -0.0193 e. The molecule has 0 spiro atoms. The molecule has 0 amide bonds. The van der Waals surface area contributed by atoms with E-state index in [1.54, 1.807) is 22.3 Å². The summed E-state index contributed by atoms with van der Waals surface area (Å²) in [5.74, 6) is 0. The van der Waals surface area contributed by atoms with Crippen LogP contribution in [0, 0.1) is 0 Å². The largest absolute Gasteiger partial charge is 0.0882 e. The van der Waals surface area contributed by atoms with E-state index < -0.39 is 0 Å². The molecule has 2 aliphatic carbocycles. The molecule has 0 heterocycles. The Morgan fingerprint density at radius 3 is 2.62 bits per heavy atom. The first-order valence-corrected chi connectivity index (χ1v) is 6.40. The predicted octanol–water partition coefficient (Wildman–Crippen LogP) is 4.30. The van der Waals surface area contributed by atoms with Gasteiger partial charge in [-0.3, -0.25) is 0 Å². The zero-order valence-corrected chi connectivity index (χ0v) is 9.71. The van der Waals surface area contributed by atoms with E-state index in [1.807, 2.05) is 0 Å². The molecule has 3 rings (SSSR count). The minimum atomic E-state index is 1.20. The van der Waals surface area contributed by atoms with Crippen LogP contribution in [0.1, 0.15) is 42.4 Å². The van der Waals surface area contributed by atoms with Crippen molar-refractivity contribution in [1.82, 2.24) is 0 Å². The summed E-state index contributed by atoms with van der Waals surface area (Å²) in [5.41, 5.74) is 6.33. The van der Waals surface area contributed by atoms with Gasteiger partial charge < -0.3 is 0 Å². The van der Waals surface area contributed by atoms with Gasteiger partial charge in [-0.1, -0.05) is 36.4 Å². The second-order valence-corrected chi connectivity index (χ2v) is 4.76. The Morgan fingerprint density at radius 2 is 1.75 bits per heavy atom. The second kappa shape index (κ2) is 4.29. The molecule has 1 aromatic rings. The number of benzene rings is 1. The Labute approximate surface area is 97.7 Å². The molecule has 0 aliphatic heterocycles. The molecule has 2 aliphatic rings. The summed E-state index contributed by atoms with van der Waals surface area (Å²) in [6, 6.07) is 6.82. The van der Waals surface area contributed by atoms with Crippen LogP contribution in [-0.2, 0) is 12.8 Å². The minimum absolute atomic E-state index is 1.20. The average Bonchev–Trinajstić information content (AvgIpc) is 2.19. The van der Waals surface area contributed by atoms with Crippen LogP contribution >= 0.6 is 0 Å². The van der Waals surface area contributed by atoms with Crippen molar-refractivity contribution in [3.8, 4) is 0 Å². The standard InChI is InChI=1S/C16H18/c1-2-4-7-13(8-5-3-1)15-10-6-9-14-11-12-16(14)15/h1-2,6,8-10H,3-5,7,11-12H2/b2-1-,13-8+. The SMILES string of the molecule is C1=C\CC/C(c2cccc3c2CC3)=C\CC/1. The Hall–Kier alpha value is -1.30. The third-order valence-electron chi connectivity index (χ3n) is 3.73. The Bertz CT molecular complexity index is 449. The zero-order valence-electron chi connectivity index (χ0n) is 9.71. The summed E-state index contributed by atoms with van der Waals surface area (Å²) in [6.07, 6.45) is 14.5. The summed E-state index contributed by atoms with van der Waals surface area (Å²) in [6.45, 7) is 0. The van der Waals surface area contributed by atoms with E-state index in [0.717, 1.165) is 0 Å². The van der Waals surface area contributed by atoms with Gasteiger partial charge in [0.05, 0.1) is 0 Å². The van der Waals surface area contributed by atoms with Crippen molar-refractivity contribution in [2.45, 2.75) is 38.5 Å². The first kappa shape index (κ1) is 9.89. The first-order chi connectivity index (χ1) is 7.95. The van der Waals surface area contributed by atoms with Crippen LogP contribution in [0.2, 0.25) is 0 Å². The predicted molar refractivity (Wildman–Crippen MR) is 69.4 cm³/mol. The maximum atomic E-state index is 2.46. The van der Waals surface area contributed by atoms with Crippen molar-refractivity contribution in [2.24, 2.45) is 0 Å². The summed E-state index contributed by atoms with van der Waals surface area (Å²) < 4.78 is 0. The number of rotatable bonds is 1. The van der Waals surface area contributed by atoms with Gasteiger partial charge in [-0.2, -0.15) is 0 Å². The number of hydrogen-bond acceptors (Lipinski definition) is 0. The molecule has 0 saturated heterocycles. The van der Waals surface area contributed by atoms with Gasteiger partial charge in [-0.05, 0) is 60.8 Å². The van der Waals surface area contributed by atoms with Gasteiger partial charge in [-0.15, -0.1) is 0 Å². The second-order valence-electron chi connectivity index (χ2n) is 4.76. The number of hydrogen-bond donors (Lipinski definition) is 0. The molecule has 0 heteroatoms.